The standard InChI is InChI=1S/C15H18O2/c1-8(2)11-7-12(16)15(3)10-5-4-9(6-10)13(15)14(11)17/h4-5,7-10,13H,6H2,1-3H3/t9-,10+,13+,15-/m1/s1. The zero-order valence-corrected chi connectivity index (χ0v) is 10.6. The van der Waals surface area contributed by atoms with Gasteiger partial charge in [-0.2, -0.15) is 0 Å². The van der Waals surface area contributed by atoms with Gasteiger partial charge in [0.25, 0.3) is 0 Å². The van der Waals surface area contributed by atoms with Gasteiger partial charge in [0.05, 0.1) is 0 Å². The zero-order valence-electron chi connectivity index (χ0n) is 10.6. The number of hydrogen-bond acceptors (Lipinski definition) is 2. The SMILES string of the molecule is CC(C)C1=CC(=O)[C@]2(C)[C@H](C1=O)[C@@H]1C=C[C@H]2C1. The lowest BCUT2D eigenvalue weighted by atomic mass is 9.61. The molecule has 0 aromatic carbocycles. The fourth-order valence-corrected chi connectivity index (χ4v) is 3.90. The van der Waals surface area contributed by atoms with Gasteiger partial charge in [0, 0.05) is 16.9 Å². The molecule has 2 heteroatoms. The van der Waals surface area contributed by atoms with Crippen LogP contribution in [-0.4, -0.2) is 11.6 Å². The molecule has 1 fully saturated rings. The molecule has 2 bridgehead atoms. The summed E-state index contributed by atoms with van der Waals surface area (Å²) in [6, 6.07) is 0. The molecule has 90 valence electrons. The molecule has 4 atom stereocenters. The van der Waals surface area contributed by atoms with Crippen LogP contribution in [-0.2, 0) is 9.59 Å². The highest BCUT2D eigenvalue weighted by Gasteiger charge is 2.61. The lowest BCUT2D eigenvalue weighted by molar-refractivity contribution is -0.137. The summed E-state index contributed by atoms with van der Waals surface area (Å²) in [5.41, 5.74) is 0.285. The van der Waals surface area contributed by atoms with E-state index in [1.54, 1.807) is 6.08 Å². The number of fused-ring (bicyclic) bond motifs is 5. The normalized spacial score (nSPS) is 43.3. The van der Waals surface area contributed by atoms with Crippen LogP contribution >= 0.6 is 0 Å². The van der Waals surface area contributed by atoms with Crippen molar-refractivity contribution in [1.29, 1.82) is 0 Å². The smallest absolute Gasteiger partial charge is 0.163 e. The van der Waals surface area contributed by atoms with Crippen LogP contribution in [0.2, 0.25) is 0 Å². The third-order valence-corrected chi connectivity index (χ3v) is 4.97. The van der Waals surface area contributed by atoms with E-state index in [4.69, 9.17) is 0 Å². The fourth-order valence-electron chi connectivity index (χ4n) is 3.90. The highest BCUT2D eigenvalue weighted by molar-refractivity contribution is 6.13. The topological polar surface area (TPSA) is 34.1 Å². The Morgan fingerprint density at radius 2 is 2.00 bits per heavy atom. The average Bonchev–Trinajstić information content (AvgIpc) is 2.82. The van der Waals surface area contributed by atoms with Crippen molar-refractivity contribution in [3.05, 3.63) is 23.8 Å². The Kier molecular flexibility index (Phi) is 2.05. The van der Waals surface area contributed by atoms with E-state index in [0.717, 1.165) is 12.0 Å². The molecule has 2 nitrogen and oxygen atoms in total. The van der Waals surface area contributed by atoms with Crippen LogP contribution in [0.3, 0.4) is 0 Å². The van der Waals surface area contributed by atoms with Crippen molar-refractivity contribution in [2.45, 2.75) is 27.2 Å². The maximum atomic E-state index is 12.5. The number of allylic oxidation sites excluding steroid dienone is 4. The Labute approximate surface area is 102 Å². The van der Waals surface area contributed by atoms with E-state index in [1.807, 2.05) is 20.8 Å². The third kappa shape index (κ3) is 1.16. The summed E-state index contributed by atoms with van der Waals surface area (Å²) in [6.07, 6.45) is 6.89. The van der Waals surface area contributed by atoms with Gasteiger partial charge in [0.1, 0.15) is 0 Å². The number of ketones is 2. The molecule has 3 aliphatic rings. The molecule has 0 aromatic heterocycles. The maximum absolute atomic E-state index is 12.5. The Morgan fingerprint density at radius 3 is 2.65 bits per heavy atom. The van der Waals surface area contributed by atoms with E-state index in [9.17, 15) is 9.59 Å². The van der Waals surface area contributed by atoms with Gasteiger partial charge in [0.2, 0.25) is 0 Å². The molecular weight excluding hydrogens is 212 g/mol. The van der Waals surface area contributed by atoms with Crippen molar-refractivity contribution in [3.63, 3.8) is 0 Å². The first kappa shape index (κ1) is 10.9. The van der Waals surface area contributed by atoms with Crippen LogP contribution in [0.15, 0.2) is 23.8 Å². The van der Waals surface area contributed by atoms with Gasteiger partial charge in [-0.3, -0.25) is 9.59 Å². The van der Waals surface area contributed by atoms with Gasteiger partial charge in [-0.1, -0.05) is 32.9 Å². The maximum Gasteiger partial charge on any atom is 0.163 e. The Hall–Kier alpha value is -1.18. The van der Waals surface area contributed by atoms with Crippen molar-refractivity contribution in [2.24, 2.45) is 29.1 Å². The van der Waals surface area contributed by atoms with E-state index in [2.05, 4.69) is 12.2 Å². The number of Topliss-reactive ketones (excluding diaryl/α,β-unsaturated/α-hetero) is 1. The zero-order chi connectivity index (χ0) is 12.4. The van der Waals surface area contributed by atoms with E-state index in [-0.39, 0.29) is 29.3 Å². The Balaban J connectivity index is 2.12. The van der Waals surface area contributed by atoms with Crippen LogP contribution < -0.4 is 0 Å². The van der Waals surface area contributed by atoms with Crippen LogP contribution in [0.25, 0.3) is 0 Å². The highest BCUT2D eigenvalue weighted by atomic mass is 16.1. The van der Waals surface area contributed by atoms with Crippen LogP contribution in [0.1, 0.15) is 27.2 Å². The van der Waals surface area contributed by atoms with Crippen molar-refractivity contribution in [1.82, 2.24) is 0 Å². The molecule has 0 heterocycles. The average molecular weight is 230 g/mol. The van der Waals surface area contributed by atoms with Gasteiger partial charge < -0.3 is 0 Å². The van der Waals surface area contributed by atoms with Crippen LogP contribution in [0.4, 0.5) is 0 Å². The molecule has 3 rings (SSSR count). The summed E-state index contributed by atoms with van der Waals surface area (Å²) in [4.78, 5) is 24.9. The van der Waals surface area contributed by atoms with Gasteiger partial charge >= 0.3 is 0 Å². The van der Waals surface area contributed by atoms with Crippen molar-refractivity contribution in [2.75, 3.05) is 0 Å². The van der Waals surface area contributed by atoms with E-state index in [1.165, 1.54) is 0 Å². The van der Waals surface area contributed by atoms with Crippen molar-refractivity contribution >= 4 is 11.6 Å². The Bertz CT molecular complexity index is 469. The minimum atomic E-state index is -0.450. The summed E-state index contributed by atoms with van der Waals surface area (Å²) in [7, 11) is 0. The first-order chi connectivity index (χ1) is 7.96. The predicted octanol–water partition coefficient (Wildman–Crippen LogP) is 2.55. The molecule has 0 N–H and O–H groups in total. The molecule has 0 aromatic rings. The molecule has 0 amide bonds. The highest BCUT2D eigenvalue weighted by Crippen LogP contribution is 2.59. The molecule has 0 aliphatic heterocycles. The summed E-state index contributed by atoms with van der Waals surface area (Å²) in [5, 5.41) is 0. The lowest BCUT2D eigenvalue weighted by Crippen LogP contribution is -2.46. The number of rotatable bonds is 1. The molecule has 1 saturated carbocycles. The van der Waals surface area contributed by atoms with Crippen molar-refractivity contribution < 1.29 is 9.59 Å². The van der Waals surface area contributed by atoms with Gasteiger partial charge in [0.15, 0.2) is 11.6 Å². The number of carbonyl (C=O) groups is 2. The molecule has 17 heavy (non-hydrogen) atoms. The second-order valence-corrected chi connectivity index (χ2v) is 6.13. The summed E-state index contributed by atoms with van der Waals surface area (Å²) < 4.78 is 0. The first-order valence-electron chi connectivity index (χ1n) is 6.44. The molecule has 0 spiro atoms. The quantitative estimate of drug-likeness (QED) is 0.649. The minimum absolute atomic E-state index is 0.0904. The Morgan fingerprint density at radius 1 is 1.29 bits per heavy atom. The molecule has 3 aliphatic carbocycles. The fraction of sp³-hybridized carbons (Fsp3) is 0.600. The molecule has 0 radical (unpaired) electrons. The van der Waals surface area contributed by atoms with Crippen molar-refractivity contribution in [3.8, 4) is 0 Å². The van der Waals surface area contributed by atoms with Gasteiger partial charge in [-0.25, -0.2) is 0 Å². The number of carbonyl (C=O) groups excluding carboxylic acids is 2. The largest absolute Gasteiger partial charge is 0.294 e. The van der Waals surface area contributed by atoms with Gasteiger partial charge in [-0.15, -0.1) is 0 Å². The third-order valence-electron chi connectivity index (χ3n) is 4.97. The second-order valence-electron chi connectivity index (χ2n) is 6.13. The molecule has 0 unspecified atom stereocenters. The lowest BCUT2D eigenvalue weighted by Gasteiger charge is -2.39. The second kappa shape index (κ2) is 3.18. The number of hydrogen-bond donors (Lipinski definition) is 0. The molecule has 0 saturated heterocycles. The minimum Gasteiger partial charge on any atom is -0.294 e. The molecular formula is C15H18O2. The summed E-state index contributed by atoms with van der Waals surface area (Å²) in [6.45, 7) is 5.96. The van der Waals surface area contributed by atoms with E-state index in [0.29, 0.717) is 5.92 Å². The van der Waals surface area contributed by atoms with Crippen LogP contribution in [0.5, 0.6) is 0 Å². The monoisotopic (exact) mass is 230 g/mol. The first-order valence-corrected chi connectivity index (χ1v) is 6.44. The van der Waals surface area contributed by atoms with E-state index >= 15 is 0 Å². The summed E-state index contributed by atoms with van der Waals surface area (Å²) >= 11 is 0. The van der Waals surface area contributed by atoms with Crippen LogP contribution in [0, 0.1) is 29.1 Å². The summed E-state index contributed by atoms with van der Waals surface area (Å²) in [5.74, 6) is 1.02. The van der Waals surface area contributed by atoms with Gasteiger partial charge in [-0.05, 0) is 30.3 Å². The predicted molar refractivity (Wildman–Crippen MR) is 65.3 cm³/mol. The van der Waals surface area contributed by atoms with E-state index < -0.39 is 5.41 Å².